The number of halogens is 2. The van der Waals surface area contributed by atoms with E-state index in [0.717, 1.165) is 4.70 Å². The topological polar surface area (TPSA) is 67.8 Å². The van der Waals surface area contributed by atoms with Crippen molar-refractivity contribution in [1.82, 2.24) is 15.0 Å². The maximum Gasteiger partial charge on any atom is 0.276 e. The van der Waals surface area contributed by atoms with Crippen molar-refractivity contribution in [3.8, 4) is 0 Å². The van der Waals surface area contributed by atoms with Crippen LogP contribution in [0.4, 0.5) is 5.69 Å². The summed E-state index contributed by atoms with van der Waals surface area (Å²) in [6, 6.07) is 3.56. The number of fused-ring (bicyclic) bond motifs is 1. The number of anilines is 1. The van der Waals surface area contributed by atoms with Crippen LogP contribution in [0.3, 0.4) is 0 Å². The first-order valence-electron chi connectivity index (χ1n) is 5.46. The summed E-state index contributed by atoms with van der Waals surface area (Å²) in [4.78, 5) is 24.0. The number of nitrogens with one attached hydrogen (secondary N) is 1. The summed E-state index contributed by atoms with van der Waals surface area (Å²) < 4.78 is 0.932. The van der Waals surface area contributed by atoms with Gasteiger partial charge in [0.05, 0.1) is 33.3 Å². The number of carbonyl (C=O) groups excluding carboxylic acids is 1. The zero-order valence-corrected chi connectivity index (χ0v) is 12.1. The number of amides is 1. The maximum absolute atomic E-state index is 12.1. The van der Waals surface area contributed by atoms with Crippen molar-refractivity contribution >= 4 is 56.3 Å². The van der Waals surface area contributed by atoms with Crippen molar-refractivity contribution in [2.45, 2.75) is 0 Å². The van der Waals surface area contributed by atoms with Crippen molar-refractivity contribution in [2.24, 2.45) is 0 Å². The second-order valence-electron chi connectivity index (χ2n) is 3.80. The SMILES string of the molecule is O=C(Nc1c(Cl)ccc2scnc12)c1cncc(Cl)n1. The molecular weight excluding hydrogens is 319 g/mol. The molecule has 0 radical (unpaired) electrons. The predicted octanol–water partition coefficient (Wildman–Crippen LogP) is 3.65. The van der Waals surface area contributed by atoms with Crippen LogP contribution in [0, 0.1) is 0 Å². The molecule has 1 N–H and O–H groups in total. The molecule has 0 unspecified atom stereocenters. The quantitative estimate of drug-likeness (QED) is 0.781. The van der Waals surface area contributed by atoms with Gasteiger partial charge in [0, 0.05) is 0 Å². The number of aromatic nitrogens is 3. The van der Waals surface area contributed by atoms with Gasteiger partial charge in [-0.3, -0.25) is 9.78 Å². The van der Waals surface area contributed by atoms with E-state index < -0.39 is 5.91 Å². The summed E-state index contributed by atoms with van der Waals surface area (Å²) >= 11 is 13.3. The Morgan fingerprint density at radius 2 is 2.10 bits per heavy atom. The summed E-state index contributed by atoms with van der Waals surface area (Å²) in [6.07, 6.45) is 2.68. The van der Waals surface area contributed by atoms with Crippen LogP contribution in [0.15, 0.2) is 30.0 Å². The molecular formula is C12H6Cl2N4OS. The van der Waals surface area contributed by atoms with Crippen molar-refractivity contribution < 1.29 is 4.79 Å². The fraction of sp³-hybridized carbons (Fsp3) is 0. The lowest BCUT2D eigenvalue weighted by atomic mass is 10.2. The van der Waals surface area contributed by atoms with Crippen molar-refractivity contribution in [3.05, 3.63) is 45.9 Å². The second-order valence-corrected chi connectivity index (χ2v) is 5.48. The number of benzene rings is 1. The number of hydrogen-bond donors (Lipinski definition) is 1. The van der Waals surface area contributed by atoms with Gasteiger partial charge in [-0.05, 0) is 12.1 Å². The van der Waals surface area contributed by atoms with E-state index >= 15 is 0 Å². The lowest BCUT2D eigenvalue weighted by Gasteiger charge is -2.07. The zero-order chi connectivity index (χ0) is 14.1. The Morgan fingerprint density at radius 1 is 1.25 bits per heavy atom. The highest BCUT2D eigenvalue weighted by Crippen LogP contribution is 2.32. The molecule has 8 heteroatoms. The van der Waals surface area contributed by atoms with E-state index in [1.54, 1.807) is 11.6 Å². The molecule has 0 spiro atoms. The summed E-state index contributed by atoms with van der Waals surface area (Å²) in [5.41, 5.74) is 2.90. The first-order chi connectivity index (χ1) is 9.65. The van der Waals surface area contributed by atoms with Crippen molar-refractivity contribution in [2.75, 3.05) is 5.32 Å². The zero-order valence-electron chi connectivity index (χ0n) is 9.80. The number of carbonyl (C=O) groups is 1. The Labute approximate surface area is 127 Å². The molecule has 0 aliphatic carbocycles. The molecule has 2 aromatic heterocycles. The van der Waals surface area contributed by atoms with Crippen LogP contribution >= 0.6 is 34.5 Å². The molecule has 0 atom stereocenters. The fourth-order valence-electron chi connectivity index (χ4n) is 1.65. The molecule has 2 heterocycles. The molecule has 3 rings (SSSR count). The Bertz CT molecular complexity index is 805. The van der Waals surface area contributed by atoms with Gasteiger partial charge in [-0.25, -0.2) is 9.97 Å². The fourth-order valence-corrected chi connectivity index (χ4v) is 2.69. The average Bonchev–Trinajstić information content (AvgIpc) is 2.90. The molecule has 1 amide bonds. The van der Waals surface area contributed by atoms with Crippen molar-refractivity contribution in [1.29, 1.82) is 0 Å². The highest BCUT2D eigenvalue weighted by Gasteiger charge is 2.14. The molecule has 100 valence electrons. The number of thiazole rings is 1. The van der Waals surface area contributed by atoms with E-state index in [9.17, 15) is 4.79 Å². The highest BCUT2D eigenvalue weighted by molar-refractivity contribution is 7.16. The van der Waals surface area contributed by atoms with E-state index in [1.165, 1.54) is 23.7 Å². The molecule has 0 bridgehead atoms. The summed E-state index contributed by atoms with van der Waals surface area (Å²) in [5.74, 6) is -0.442. The largest absolute Gasteiger partial charge is 0.317 e. The van der Waals surface area contributed by atoms with Gasteiger partial charge in [0.15, 0.2) is 0 Å². The molecule has 20 heavy (non-hydrogen) atoms. The molecule has 5 nitrogen and oxygen atoms in total. The molecule has 0 saturated carbocycles. The van der Waals surface area contributed by atoms with Gasteiger partial charge in [0.2, 0.25) is 0 Å². The molecule has 0 fully saturated rings. The van der Waals surface area contributed by atoms with E-state index in [0.29, 0.717) is 16.2 Å². The third-order valence-corrected chi connectivity index (χ3v) is 3.82. The monoisotopic (exact) mass is 324 g/mol. The van der Waals surface area contributed by atoms with Crippen LogP contribution in [-0.4, -0.2) is 20.9 Å². The highest BCUT2D eigenvalue weighted by atomic mass is 35.5. The van der Waals surface area contributed by atoms with Crippen molar-refractivity contribution in [3.63, 3.8) is 0 Å². The van der Waals surface area contributed by atoms with Crippen LogP contribution in [0.1, 0.15) is 10.5 Å². The number of nitrogens with zero attached hydrogens (tertiary/aromatic N) is 3. The first kappa shape index (κ1) is 13.2. The number of hydrogen-bond acceptors (Lipinski definition) is 5. The second kappa shape index (κ2) is 5.32. The van der Waals surface area contributed by atoms with Gasteiger partial charge in [-0.1, -0.05) is 23.2 Å². The van der Waals surface area contributed by atoms with Crippen LogP contribution < -0.4 is 5.32 Å². The van der Waals surface area contributed by atoms with E-state index in [4.69, 9.17) is 23.2 Å². The molecule has 1 aromatic carbocycles. The standard InChI is InChI=1S/C12H6Cl2N4OS/c13-6-1-2-8-11(16-5-20-8)10(6)18-12(19)7-3-15-4-9(14)17-7/h1-5H,(H,18,19). The summed E-state index contributed by atoms with van der Waals surface area (Å²) in [5, 5.41) is 3.25. The van der Waals surface area contributed by atoms with E-state index in [-0.39, 0.29) is 10.8 Å². The smallest absolute Gasteiger partial charge is 0.276 e. The van der Waals surface area contributed by atoms with Crippen LogP contribution in [-0.2, 0) is 0 Å². The van der Waals surface area contributed by atoms with Crippen LogP contribution in [0.25, 0.3) is 10.2 Å². The average molecular weight is 325 g/mol. The van der Waals surface area contributed by atoms with Crippen LogP contribution in [0.5, 0.6) is 0 Å². The van der Waals surface area contributed by atoms with Gasteiger partial charge < -0.3 is 5.32 Å². The Balaban J connectivity index is 1.99. The molecule has 0 aliphatic heterocycles. The summed E-state index contributed by atoms with van der Waals surface area (Å²) in [7, 11) is 0. The normalized spacial score (nSPS) is 10.7. The van der Waals surface area contributed by atoms with Crippen LogP contribution in [0.2, 0.25) is 10.2 Å². The van der Waals surface area contributed by atoms with Gasteiger partial charge >= 0.3 is 0 Å². The Kier molecular flexibility index (Phi) is 3.52. The first-order valence-corrected chi connectivity index (χ1v) is 7.09. The lowest BCUT2D eigenvalue weighted by Crippen LogP contribution is -2.14. The third kappa shape index (κ3) is 2.45. The van der Waals surface area contributed by atoms with E-state index in [1.807, 2.05) is 6.07 Å². The predicted molar refractivity (Wildman–Crippen MR) is 79.6 cm³/mol. The third-order valence-electron chi connectivity index (χ3n) is 2.53. The summed E-state index contributed by atoms with van der Waals surface area (Å²) in [6.45, 7) is 0. The Hall–Kier alpha value is -1.76. The van der Waals surface area contributed by atoms with Gasteiger partial charge in [0.1, 0.15) is 16.4 Å². The van der Waals surface area contributed by atoms with Gasteiger partial charge in [-0.15, -0.1) is 11.3 Å². The molecule has 3 aromatic rings. The minimum atomic E-state index is -0.442. The molecule has 0 saturated heterocycles. The Morgan fingerprint density at radius 3 is 2.90 bits per heavy atom. The lowest BCUT2D eigenvalue weighted by molar-refractivity contribution is 0.102. The minimum absolute atomic E-state index is 0.112. The maximum atomic E-state index is 12.1. The molecule has 0 aliphatic rings. The van der Waals surface area contributed by atoms with Gasteiger partial charge in [0.25, 0.3) is 5.91 Å². The van der Waals surface area contributed by atoms with Gasteiger partial charge in [-0.2, -0.15) is 0 Å². The number of rotatable bonds is 2. The van der Waals surface area contributed by atoms with E-state index in [2.05, 4.69) is 20.3 Å². The minimum Gasteiger partial charge on any atom is -0.317 e.